The van der Waals surface area contributed by atoms with E-state index in [1.165, 1.54) is 5.56 Å². The standard InChI is InChI=1S/C20H21ClN4OS/c1-13-3-5-15(6-4-13)22-19(26)24-9-11-25(12-10-24)20-23-18-14(2)16(21)7-8-17(18)27-20/h3-8H,9-12H2,1-2H3,(H,22,26). The number of anilines is 2. The van der Waals surface area contributed by atoms with Crippen molar-refractivity contribution in [3.8, 4) is 0 Å². The Morgan fingerprint density at radius 1 is 1.07 bits per heavy atom. The van der Waals surface area contributed by atoms with Crippen LogP contribution in [-0.2, 0) is 0 Å². The molecule has 1 aromatic heterocycles. The number of hydrogen-bond donors (Lipinski definition) is 1. The lowest BCUT2D eigenvalue weighted by molar-refractivity contribution is 0.208. The van der Waals surface area contributed by atoms with E-state index in [1.807, 2.05) is 55.1 Å². The Kier molecular flexibility index (Phi) is 4.93. The third kappa shape index (κ3) is 3.73. The average molecular weight is 401 g/mol. The number of fused-ring (bicyclic) bond motifs is 1. The lowest BCUT2D eigenvalue weighted by Gasteiger charge is -2.34. The Balaban J connectivity index is 1.40. The second-order valence-electron chi connectivity index (χ2n) is 6.79. The summed E-state index contributed by atoms with van der Waals surface area (Å²) < 4.78 is 1.14. The third-order valence-corrected chi connectivity index (χ3v) is 6.37. The molecule has 140 valence electrons. The molecule has 5 nitrogen and oxygen atoms in total. The van der Waals surface area contributed by atoms with E-state index in [2.05, 4.69) is 10.2 Å². The number of rotatable bonds is 2. The van der Waals surface area contributed by atoms with Gasteiger partial charge in [0, 0.05) is 36.9 Å². The van der Waals surface area contributed by atoms with E-state index in [0.717, 1.165) is 44.7 Å². The third-order valence-electron chi connectivity index (χ3n) is 4.88. The molecule has 2 aromatic carbocycles. The number of carbonyl (C=O) groups excluding carboxylic acids is 1. The number of aromatic nitrogens is 1. The summed E-state index contributed by atoms with van der Waals surface area (Å²) in [5.41, 5.74) is 4.00. The second kappa shape index (κ2) is 7.37. The van der Waals surface area contributed by atoms with Gasteiger partial charge in [0.05, 0.1) is 10.2 Å². The van der Waals surface area contributed by atoms with Gasteiger partial charge in [-0.3, -0.25) is 0 Å². The van der Waals surface area contributed by atoms with Crippen molar-refractivity contribution in [2.75, 3.05) is 36.4 Å². The van der Waals surface area contributed by atoms with Crippen LogP contribution in [0.3, 0.4) is 0 Å². The lowest BCUT2D eigenvalue weighted by atomic mass is 10.2. The molecule has 0 spiro atoms. The summed E-state index contributed by atoms with van der Waals surface area (Å²) in [6.07, 6.45) is 0. The van der Waals surface area contributed by atoms with E-state index in [9.17, 15) is 4.79 Å². The van der Waals surface area contributed by atoms with Crippen LogP contribution in [-0.4, -0.2) is 42.1 Å². The number of nitrogens with zero attached hydrogens (tertiary/aromatic N) is 3. The van der Waals surface area contributed by atoms with Crippen LogP contribution in [0.1, 0.15) is 11.1 Å². The molecule has 0 bridgehead atoms. The van der Waals surface area contributed by atoms with Crippen molar-refractivity contribution in [3.05, 3.63) is 52.5 Å². The molecule has 0 radical (unpaired) electrons. The van der Waals surface area contributed by atoms with Gasteiger partial charge in [-0.25, -0.2) is 9.78 Å². The van der Waals surface area contributed by atoms with Crippen LogP contribution in [0.5, 0.6) is 0 Å². The first-order valence-electron chi connectivity index (χ1n) is 8.94. The van der Waals surface area contributed by atoms with E-state index in [4.69, 9.17) is 16.6 Å². The van der Waals surface area contributed by atoms with Gasteiger partial charge in [-0.1, -0.05) is 40.6 Å². The van der Waals surface area contributed by atoms with Gasteiger partial charge in [0.15, 0.2) is 5.13 Å². The highest BCUT2D eigenvalue weighted by atomic mass is 35.5. The number of thiazole rings is 1. The van der Waals surface area contributed by atoms with Gasteiger partial charge in [0.1, 0.15) is 0 Å². The van der Waals surface area contributed by atoms with Crippen LogP contribution < -0.4 is 10.2 Å². The van der Waals surface area contributed by atoms with Crippen molar-refractivity contribution in [2.45, 2.75) is 13.8 Å². The molecule has 0 saturated carbocycles. The molecule has 2 amide bonds. The molecule has 0 unspecified atom stereocenters. The molecule has 0 atom stereocenters. The largest absolute Gasteiger partial charge is 0.345 e. The van der Waals surface area contributed by atoms with Crippen molar-refractivity contribution < 1.29 is 4.79 Å². The molecule has 1 fully saturated rings. The second-order valence-corrected chi connectivity index (χ2v) is 8.20. The van der Waals surface area contributed by atoms with Crippen LogP contribution in [0, 0.1) is 13.8 Å². The van der Waals surface area contributed by atoms with E-state index >= 15 is 0 Å². The highest BCUT2D eigenvalue weighted by Crippen LogP contribution is 2.33. The number of nitrogens with one attached hydrogen (secondary N) is 1. The zero-order chi connectivity index (χ0) is 19.0. The van der Waals surface area contributed by atoms with E-state index in [-0.39, 0.29) is 6.03 Å². The van der Waals surface area contributed by atoms with E-state index in [0.29, 0.717) is 13.1 Å². The first-order valence-corrected chi connectivity index (χ1v) is 10.1. The Morgan fingerprint density at radius 3 is 2.48 bits per heavy atom. The average Bonchev–Trinajstić information content (AvgIpc) is 3.12. The number of urea groups is 1. The summed E-state index contributed by atoms with van der Waals surface area (Å²) in [4.78, 5) is 21.4. The van der Waals surface area contributed by atoms with Crippen molar-refractivity contribution >= 4 is 50.0 Å². The zero-order valence-corrected chi connectivity index (χ0v) is 16.9. The Hall–Kier alpha value is -2.31. The summed E-state index contributed by atoms with van der Waals surface area (Å²) in [6.45, 7) is 6.92. The fourth-order valence-electron chi connectivity index (χ4n) is 3.16. The topological polar surface area (TPSA) is 48.5 Å². The number of piperazine rings is 1. The van der Waals surface area contributed by atoms with Gasteiger partial charge >= 0.3 is 6.03 Å². The number of aryl methyl sites for hydroxylation is 2. The molecule has 1 N–H and O–H groups in total. The van der Waals surface area contributed by atoms with Gasteiger partial charge in [0.2, 0.25) is 0 Å². The SMILES string of the molecule is Cc1ccc(NC(=O)N2CCN(c3nc4c(C)c(Cl)ccc4s3)CC2)cc1. The first-order chi connectivity index (χ1) is 13.0. The summed E-state index contributed by atoms with van der Waals surface area (Å²) in [5, 5.41) is 4.71. The fourth-order valence-corrected chi connectivity index (χ4v) is 4.39. The van der Waals surface area contributed by atoms with Crippen molar-refractivity contribution in [1.29, 1.82) is 0 Å². The summed E-state index contributed by atoms with van der Waals surface area (Å²) in [7, 11) is 0. The minimum atomic E-state index is -0.0505. The number of amides is 2. The molecule has 1 saturated heterocycles. The summed E-state index contributed by atoms with van der Waals surface area (Å²) in [5.74, 6) is 0. The number of carbonyl (C=O) groups is 1. The van der Waals surface area contributed by atoms with Crippen LogP contribution in [0.4, 0.5) is 15.6 Å². The predicted molar refractivity (Wildman–Crippen MR) is 113 cm³/mol. The number of halogens is 1. The quantitative estimate of drug-likeness (QED) is 0.664. The predicted octanol–water partition coefficient (Wildman–Crippen LogP) is 4.92. The Bertz CT molecular complexity index is 978. The van der Waals surface area contributed by atoms with Crippen LogP contribution in [0.2, 0.25) is 5.02 Å². The monoisotopic (exact) mass is 400 g/mol. The molecule has 0 aliphatic carbocycles. The summed E-state index contributed by atoms with van der Waals surface area (Å²) >= 11 is 7.89. The number of hydrogen-bond acceptors (Lipinski definition) is 4. The van der Waals surface area contributed by atoms with Crippen molar-refractivity contribution in [1.82, 2.24) is 9.88 Å². The molecule has 4 rings (SSSR count). The minimum absolute atomic E-state index is 0.0505. The number of benzene rings is 2. The summed E-state index contributed by atoms with van der Waals surface area (Å²) in [6, 6.07) is 11.7. The molecule has 27 heavy (non-hydrogen) atoms. The highest BCUT2D eigenvalue weighted by molar-refractivity contribution is 7.22. The van der Waals surface area contributed by atoms with E-state index < -0.39 is 0 Å². The fraction of sp³-hybridized carbons (Fsp3) is 0.300. The van der Waals surface area contributed by atoms with Gasteiger partial charge < -0.3 is 15.1 Å². The maximum Gasteiger partial charge on any atom is 0.321 e. The van der Waals surface area contributed by atoms with Crippen molar-refractivity contribution in [2.24, 2.45) is 0 Å². The minimum Gasteiger partial charge on any atom is -0.345 e. The molecule has 7 heteroatoms. The van der Waals surface area contributed by atoms with Gasteiger partial charge in [0.25, 0.3) is 0 Å². The maximum absolute atomic E-state index is 12.5. The zero-order valence-electron chi connectivity index (χ0n) is 15.3. The van der Waals surface area contributed by atoms with Crippen LogP contribution in [0.15, 0.2) is 36.4 Å². The highest BCUT2D eigenvalue weighted by Gasteiger charge is 2.23. The first kappa shape index (κ1) is 18.1. The molecular weight excluding hydrogens is 380 g/mol. The molecular formula is C20H21ClN4OS. The molecule has 2 heterocycles. The van der Waals surface area contributed by atoms with Gasteiger partial charge in [-0.15, -0.1) is 0 Å². The maximum atomic E-state index is 12.5. The van der Waals surface area contributed by atoms with Crippen LogP contribution >= 0.6 is 22.9 Å². The lowest BCUT2D eigenvalue weighted by Crippen LogP contribution is -2.50. The molecule has 1 aliphatic heterocycles. The van der Waals surface area contributed by atoms with Crippen LogP contribution in [0.25, 0.3) is 10.2 Å². The molecule has 1 aliphatic rings. The normalized spacial score (nSPS) is 14.6. The van der Waals surface area contributed by atoms with Gasteiger partial charge in [-0.05, 0) is 43.7 Å². The smallest absolute Gasteiger partial charge is 0.321 e. The Morgan fingerprint density at radius 2 is 1.78 bits per heavy atom. The van der Waals surface area contributed by atoms with Gasteiger partial charge in [-0.2, -0.15) is 0 Å². The molecule has 3 aromatic rings. The van der Waals surface area contributed by atoms with Crippen molar-refractivity contribution in [3.63, 3.8) is 0 Å². The Labute approximate surface area is 167 Å². The van der Waals surface area contributed by atoms with E-state index in [1.54, 1.807) is 11.3 Å².